The van der Waals surface area contributed by atoms with Crippen LogP contribution in [-0.2, 0) is 0 Å². The Labute approximate surface area is 172 Å². The summed E-state index contributed by atoms with van der Waals surface area (Å²) < 4.78 is 0. The number of unbranched alkanes of at least 4 members (excludes halogenated alkanes) is 19. The zero-order valence-corrected chi connectivity index (χ0v) is 19.5. The first kappa shape index (κ1) is 26.4. The first-order chi connectivity index (χ1) is 12.9. The van der Waals surface area contributed by atoms with Crippen molar-refractivity contribution >= 4 is 11.8 Å². The summed E-state index contributed by atoms with van der Waals surface area (Å²) >= 11 is 2.21. The Morgan fingerprint density at radius 1 is 0.308 bits per heavy atom. The lowest BCUT2D eigenvalue weighted by Gasteiger charge is -2.04. The van der Waals surface area contributed by atoms with E-state index >= 15 is 0 Å². The van der Waals surface area contributed by atoms with Crippen molar-refractivity contribution in [1.82, 2.24) is 0 Å². The van der Waals surface area contributed by atoms with E-state index in [1.165, 1.54) is 146 Å². The Morgan fingerprint density at radius 2 is 0.538 bits per heavy atom. The van der Waals surface area contributed by atoms with Gasteiger partial charge < -0.3 is 0 Å². The van der Waals surface area contributed by atoms with Crippen LogP contribution < -0.4 is 0 Å². The van der Waals surface area contributed by atoms with Crippen LogP contribution in [0.15, 0.2) is 0 Å². The molecule has 0 N–H and O–H groups in total. The van der Waals surface area contributed by atoms with Crippen LogP contribution in [0.1, 0.15) is 149 Å². The number of hydrogen-bond acceptors (Lipinski definition) is 1. The molecular formula is C25H52S. The molecule has 0 rings (SSSR count). The van der Waals surface area contributed by atoms with Crippen LogP contribution in [0, 0.1) is 0 Å². The van der Waals surface area contributed by atoms with Gasteiger partial charge in [0.2, 0.25) is 0 Å². The maximum Gasteiger partial charge on any atom is -0.00675 e. The summed E-state index contributed by atoms with van der Waals surface area (Å²) in [7, 11) is 0. The van der Waals surface area contributed by atoms with Gasteiger partial charge in [-0.25, -0.2) is 0 Å². The number of hydrogen-bond donors (Lipinski definition) is 0. The van der Waals surface area contributed by atoms with Gasteiger partial charge >= 0.3 is 0 Å². The van der Waals surface area contributed by atoms with E-state index in [0.29, 0.717) is 0 Å². The molecular weight excluding hydrogens is 332 g/mol. The molecule has 0 saturated carbocycles. The highest BCUT2D eigenvalue weighted by molar-refractivity contribution is 7.99. The predicted molar refractivity (Wildman–Crippen MR) is 126 cm³/mol. The molecule has 158 valence electrons. The second-order valence-corrected chi connectivity index (χ2v) is 9.55. The standard InChI is InChI=1S/C25H52S/c1-3-5-7-9-11-13-15-17-19-21-23-25-26-24-22-20-18-16-14-12-10-8-6-4-2/h3-25H2,1-2H3. The van der Waals surface area contributed by atoms with Crippen molar-refractivity contribution in [2.45, 2.75) is 149 Å². The Bertz CT molecular complexity index is 202. The van der Waals surface area contributed by atoms with E-state index in [2.05, 4.69) is 25.6 Å². The largest absolute Gasteiger partial charge is 0.162 e. The van der Waals surface area contributed by atoms with Crippen molar-refractivity contribution in [1.29, 1.82) is 0 Å². The van der Waals surface area contributed by atoms with E-state index < -0.39 is 0 Å². The summed E-state index contributed by atoms with van der Waals surface area (Å²) in [6.07, 6.45) is 30.7. The molecule has 0 atom stereocenters. The van der Waals surface area contributed by atoms with Gasteiger partial charge in [0.15, 0.2) is 0 Å². The van der Waals surface area contributed by atoms with E-state index in [1.54, 1.807) is 0 Å². The quantitative estimate of drug-likeness (QED) is 0.158. The Kier molecular flexibility index (Phi) is 25.7. The summed E-state index contributed by atoms with van der Waals surface area (Å²) in [6, 6.07) is 0. The van der Waals surface area contributed by atoms with Crippen molar-refractivity contribution < 1.29 is 0 Å². The predicted octanol–water partition coefficient (Wildman–Crippen LogP) is 9.95. The van der Waals surface area contributed by atoms with Crippen LogP contribution in [0.25, 0.3) is 0 Å². The van der Waals surface area contributed by atoms with Crippen LogP contribution in [0.2, 0.25) is 0 Å². The van der Waals surface area contributed by atoms with Gasteiger partial charge in [0, 0.05) is 0 Å². The highest BCUT2D eigenvalue weighted by atomic mass is 32.2. The zero-order valence-electron chi connectivity index (χ0n) is 18.7. The summed E-state index contributed by atoms with van der Waals surface area (Å²) in [5.74, 6) is 2.82. The minimum atomic E-state index is 1.37. The minimum Gasteiger partial charge on any atom is -0.162 e. The normalized spacial score (nSPS) is 11.3. The van der Waals surface area contributed by atoms with Crippen molar-refractivity contribution in [3.63, 3.8) is 0 Å². The van der Waals surface area contributed by atoms with Crippen molar-refractivity contribution in [3.05, 3.63) is 0 Å². The minimum absolute atomic E-state index is 1.37. The van der Waals surface area contributed by atoms with Gasteiger partial charge in [0.05, 0.1) is 0 Å². The van der Waals surface area contributed by atoms with Crippen LogP contribution >= 0.6 is 11.8 Å². The highest BCUT2D eigenvalue weighted by Gasteiger charge is 1.95. The molecule has 0 radical (unpaired) electrons. The van der Waals surface area contributed by atoms with Gasteiger partial charge in [0.25, 0.3) is 0 Å². The SMILES string of the molecule is CCCCCCCCCCCCCSCCCCCCCCCCCC. The van der Waals surface area contributed by atoms with Crippen LogP contribution in [0.4, 0.5) is 0 Å². The van der Waals surface area contributed by atoms with Gasteiger partial charge in [-0.3, -0.25) is 0 Å². The molecule has 0 unspecified atom stereocenters. The first-order valence-corrected chi connectivity index (χ1v) is 13.6. The molecule has 0 aliphatic heterocycles. The van der Waals surface area contributed by atoms with Gasteiger partial charge in [-0.05, 0) is 24.3 Å². The second-order valence-electron chi connectivity index (χ2n) is 8.33. The third-order valence-electron chi connectivity index (χ3n) is 5.53. The van der Waals surface area contributed by atoms with Gasteiger partial charge in [0.1, 0.15) is 0 Å². The van der Waals surface area contributed by atoms with E-state index in [0.717, 1.165) is 0 Å². The van der Waals surface area contributed by atoms with E-state index in [4.69, 9.17) is 0 Å². The van der Waals surface area contributed by atoms with Gasteiger partial charge in [-0.2, -0.15) is 11.8 Å². The average Bonchev–Trinajstić information content (AvgIpc) is 2.66. The molecule has 0 aromatic rings. The summed E-state index contributed by atoms with van der Waals surface area (Å²) in [6.45, 7) is 4.60. The Balaban J connectivity index is 2.95. The Morgan fingerprint density at radius 3 is 0.808 bits per heavy atom. The molecule has 1 heteroatoms. The summed E-state index contributed by atoms with van der Waals surface area (Å²) in [5.41, 5.74) is 0. The lowest BCUT2D eigenvalue weighted by molar-refractivity contribution is 0.555. The molecule has 0 aromatic carbocycles. The van der Waals surface area contributed by atoms with E-state index in [1.807, 2.05) is 0 Å². The number of thioether (sulfide) groups is 1. The molecule has 0 aliphatic carbocycles. The summed E-state index contributed by atoms with van der Waals surface area (Å²) in [5, 5.41) is 0. The highest BCUT2D eigenvalue weighted by Crippen LogP contribution is 2.15. The fourth-order valence-corrected chi connectivity index (χ4v) is 4.68. The molecule has 0 nitrogen and oxygen atoms in total. The van der Waals surface area contributed by atoms with E-state index in [-0.39, 0.29) is 0 Å². The lowest BCUT2D eigenvalue weighted by Crippen LogP contribution is -1.87. The van der Waals surface area contributed by atoms with Crippen LogP contribution in [0.3, 0.4) is 0 Å². The van der Waals surface area contributed by atoms with Gasteiger partial charge in [-0.15, -0.1) is 0 Å². The van der Waals surface area contributed by atoms with Crippen LogP contribution in [-0.4, -0.2) is 11.5 Å². The molecule has 26 heavy (non-hydrogen) atoms. The monoisotopic (exact) mass is 384 g/mol. The molecule has 0 aromatic heterocycles. The molecule has 0 fully saturated rings. The fraction of sp³-hybridized carbons (Fsp3) is 1.00. The van der Waals surface area contributed by atoms with Crippen molar-refractivity contribution in [3.8, 4) is 0 Å². The first-order valence-electron chi connectivity index (χ1n) is 12.5. The maximum absolute atomic E-state index is 2.30. The number of rotatable bonds is 23. The zero-order chi connectivity index (χ0) is 19.0. The maximum atomic E-state index is 2.30. The molecule has 0 bridgehead atoms. The van der Waals surface area contributed by atoms with E-state index in [9.17, 15) is 0 Å². The van der Waals surface area contributed by atoms with Crippen molar-refractivity contribution in [2.75, 3.05) is 11.5 Å². The molecule has 0 amide bonds. The Hall–Kier alpha value is 0.350. The topological polar surface area (TPSA) is 0 Å². The molecule has 0 spiro atoms. The van der Waals surface area contributed by atoms with Crippen LogP contribution in [0.5, 0.6) is 0 Å². The second kappa shape index (κ2) is 25.4. The van der Waals surface area contributed by atoms with Gasteiger partial charge in [-0.1, -0.05) is 136 Å². The third-order valence-corrected chi connectivity index (χ3v) is 6.69. The molecule has 0 heterocycles. The lowest BCUT2D eigenvalue weighted by atomic mass is 10.1. The smallest absolute Gasteiger partial charge is 0.00675 e. The van der Waals surface area contributed by atoms with Crippen molar-refractivity contribution in [2.24, 2.45) is 0 Å². The summed E-state index contributed by atoms with van der Waals surface area (Å²) in [4.78, 5) is 0. The third kappa shape index (κ3) is 24.4. The average molecular weight is 385 g/mol. The fourth-order valence-electron chi connectivity index (χ4n) is 3.66. The molecule has 0 aliphatic rings. The molecule has 0 saturated heterocycles.